The summed E-state index contributed by atoms with van der Waals surface area (Å²) < 4.78 is 19.5. The average molecular weight is 914 g/mol. The SMILES string of the molecule is CCc1cc(Nc2ncc(C)c(Nc3ccc4nccnc4c3P(C)(C)=O)n2)c(OC)cc1N1CCC(N2CCN(CC3CC(N(C)c4ccc(C5CCC(=O)NC5=O)cc4)C3)CC2)CC1. The van der Waals surface area contributed by atoms with Gasteiger partial charge in [-0.05, 0) is 106 Å². The summed E-state index contributed by atoms with van der Waals surface area (Å²) in [6, 6.07) is 17.6. The van der Waals surface area contributed by atoms with E-state index in [1.807, 2.05) is 19.1 Å². The summed E-state index contributed by atoms with van der Waals surface area (Å²) in [5.74, 6) is 1.89. The number of carbonyl (C=O) groups is 2. The van der Waals surface area contributed by atoms with Crippen LogP contribution in [0, 0.1) is 12.8 Å². The van der Waals surface area contributed by atoms with Crippen LogP contribution in [-0.4, -0.2) is 127 Å². The summed E-state index contributed by atoms with van der Waals surface area (Å²) in [5, 5.41) is 10.0. The molecule has 1 atom stereocenters. The highest BCUT2D eigenvalue weighted by atomic mass is 31.2. The number of fused-ring (bicyclic) bond motifs is 1. The molecule has 348 valence electrons. The van der Waals surface area contributed by atoms with Gasteiger partial charge in [0, 0.05) is 113 Å². The van der Waals surface area contributed by atoms with Crippen molar-refractivity contribution in [2.45, 2.75) is 76.8 Å². The van der Waals surface area contributed by atoms with Gasteiger partial charge in [0.2, 0.25) is 17.8 Å². The number of nitrogens with one attached hydrogen (secondary N) is 3. The zero-order valence-electron chi connectivity index (χ0n) is 39.2. The molecule has 3 saturated heterocycles. The molecule has 16 heteroatoms. The van der Waals surface area contributed by atoms with Crippen molar-refractivity contribution in [2.75, 3.05) is 93.7 Å². The Bertz CT molecular complexity index is 2620. The lowest BCUT2D eigenvalue weighted by Gasteiger charge is -2.47. The number of methoxy groups -OCH3 is 1. The third kappa shape index (κ3) is 9.75. The first-order valence-electron chi connectivity index (χ1n) is 23.6. The zero-order chi connectivity index (χ0) is 46.1. The molecule has 2 aromatic heterocycles. The fourth-order valence-corrected chi connectivity index (χ4v) is 11.9. The fourth-order valence-electron chi connectivity index (χ4n) is 10.5. The molecule has 9 rings (SSSR count). The lowest BCUT2D eigenvalue weighted by molar-refractivity contribution is -0.134. The lowest BCUT2D eigenvalue weighted by atomic mass is 9.78. The van der Waals surface area contributed by atoms with Crippen LogP contribution in [0.4, 0.5) is 34.5 Å². The number of carbonyl (C=O) groups excluding carboxylic acids is 2. The Morgan fingerprint density at radius 1 is 0.894 bits per heavy atom. The fraction of sp³-hybridized carbons (Fsp3) is 0.480. The summed E-state index contributed by atoms with van der Waals surface area (Å²) in [7, 11) is 1.14. The van der Waals surface area contributed by atoms with E-state index in [0.717, 1.165) is 87.0 Å². The molecular weight excluding hydrogens is 850 g/mol. The van der Waals surface area contributed by atoms with Crippen LogP contribution >= 0.6 is 7.14 Å². The molecule has 3 aromatic carbocycles. The van der Waals surface area contributed by atoms with Gasteiger partial charge >= 0.3 is 0 Å². The third-order valence-electron chi connectivity index (χ3n) is 14.4. The smallest absolute Gasteiger partial charge is 0.234 e. The lowest BCUT2D eigenvalue weighted by Crippen LogP contribution is -2.55. The van der Waals surface area contributed by atoms with Crippen LogP contribution in [0.5, 0.6) is 5.75 Å². The van der Waals surface area contributed by atoms with Crippen LogP contribution < -0.4 is 35.8 Å². The summed E-state index contributed by atoms with van der Waals surface area (Å²) in [4.78, 5) is 52.7. The Morgan fingerprint density at radius 3 is 2.33 bits per heavy atom. The molecule has 5 heterocycles. The first kappa shape index (κ1) is 45.5. The number of hydrogen-bond acceptors (Lipinski definition) is 14. The zero-order valence-corrected chi connectivity index (χ0v) is 40.1. The number of piperazine rings is 1. The number of aromatic nitrogens is 4. The van der Waals surface area contributed by atoms with Gasteiger partial charge in [0.15, 0.2) is 0 Å². The summed E-state index contributed by atoms with van der Waals surface area (Å²) in [6.45, 7) is 15.3. The maximum absolute atomic E-state index is 13.6. The van der Waals surface area contributed by atoms with Gasteiger partial charge in [-0.3, -0.25) is 29.8 Å². The van der Waals surface area contributed by atoms with Gasteiger partial charge in [-0.15, -0.1) is 0 Å². The number of aryl methyl sites for hydroxylation is 2. The minimum atomic E-state index is -2.75. The Morgan fingerprint density at radius 2 is 1.64 bits per heavy atom. The van der Waals surface area contributed by atoms with E-state index < -0.39 is 7.14 Å². The van der Waals surface area contributed by atoms with Gasteiger partial charge < -0.3 is 34.6 Å². The maximum Gasteiger partial charge on any atom is 0.234 e. The number of rotatable bonds is 14. The van der Waals surface area contributed by atoms with Gasteiger partial charge in [-0.25, -0.2) is 4.98 Å². The molecule has 5 aromatic rings. The van der Waals surface area contributed by atoms with E-state index in [1.54, 1.807) is 39.0 Å². The second kappa shape index (κ2) is 19.3. The molecule has 3 aliphatic heterocycles. The average Bonchev–Trinajstić information content (AvgIpc) is 3.30. The standard InChI is InChI=1S/C50H64N11O4P/c1-7-34-28-42(55-50-53-30-32(2)48(57-50)54-41-14-13-40-46(52-19-18-51-40)47(41)66(5,6)64)44(65-4)29-43(34)61-20-16-37(17-21-61)60-24-22-59(23-25-60)31-33-26-38(27-33)58(3)36-10-8-35(9-11-36)39-12-15-45(62)56-49(39)63/h8-11,13-14,18-19,28-30,33,37-39H,7,12,15-17,20-27,31H2,1-6H3,(H,56,62,63)(H2,53,54,55,57). The van der Waals surface area contributed by atoms with E-state index in [4.69, 9.17) is 9.72 Å². The Balaban J connectivity index is 0.760. The van der Waals surface area contributed by atoms with Crippen LogP contribution in [-0.2, 0) is 20.6 Å². The molecule has 4 aliphatic rings. The predicted molar refractivity (Wildman–Crippen MR) is 264 cm³/mol. The minimum Gasteiger partial charge on any atom is -0.494 e. The molecule has 1 unspecified atom stereocenters. The molecule has 1 aliphatic carbocycles. The minimum absolute atomic E-state index is 0.175. The number of benzene rings is 3. The van der Waals surface area contributed by atoms with Crippen molar-refractivity contribution >= 4 is 69.8 Å². The molecule has 0 spiro atoms. The normalized spacial score (nSPS) is 21.1. The number of hydrogen-bond donors (Lipinski definition) is 3. The number of nitrogens with zero attached hydrogens (tertiary/aromatic N) is 8. The van der Waals surface area contributed by atoms with Crippen molar-refractivity contribution in [2.24, 2.45) is 5.92 Å². The number of anilines is 6. The van der Waals surface area contributed by atoms with E-state index in [0.29, 0.717) is 58.7 Å². The number of ether oxygens (including phenoxy) is 1. The highest BCUT2D eigenvalue weighted by Crippen LogP contribution is 2.42. The molecule has 3 N–H and O–H groups in total. The number of piperidine rings is 2. The largest absolute Gasteiger partial charge is 0.494 e. The summed E-state index contributed by atoms with van der Waals surface area (Å²) in [6.07, 6.45) is 11.6. The number of amides is 2. The summed E-state index contributed by atoms with van der Waals surface area (Å²) >= 11 is 0. The van der Waals surface area contributed by atoms with Crippen molar-refractivity contribution in [1.82, 2.24) is 35.1 Å². The van der Waals surface area contributed by atoms with Crippen molar-refractivity contribution in [3.8, 4) is 5.75 Å². The van der Waals surface area contributed by atoms with E-state index in [1.165, 1.54) is 36.3 Å². The van der Waals surface area contributed by atoms with Crippen molar-refractivity contribution in [3.63, 3.8) is 0 Å². The van der Waals surface area contributed by atoms with Gasteiger partial charge in [-0.2, -0.15) is 4.98 Å². The van der Waals surface area contributed by atoms with Crippen LogP contribution in [0.25, 0.3) is 11.0 Å². The van der Waals surface area contributed by atoms with Crippen LogP contribution in [0.3, 0.4) is 0 Å². The van der Waals surface area contributed by atoms with Crippen LogP contribution in [0.15, 0.2) is 67.1 Å². The summed E-state index contributed by atoms with van der Waals surface area (Å²) in [5.41, 5.74) is 8.28. The van der Waals surface area contributed by atoms with Gasteiger partial charge in [0.05, 0.1) is 35.2 Å². The molecule has 0 radical (unpaired) electrons. The second-order valence-electron chi connectivity index (χ2n) is 19.0. The molecule has 2 amide bonds. The quantitative estimate of drug-likeness (QED) is 0.0768. The molecule has 0 bridgehead atoms. The molecule has 66 heavy (non-hydrogen) atoms. The molecule has 4 fully saturated rings. The highest BCUT2D eigenvalue weighted by Gasteiger charge is 2.36. The molecular formula is C50H64N11O4P. The molecule has 1 saturated carbocycles. The van der Waals surface area contributed by atoms with Gasteiger partial charge in [-0.1, -0.05) is 19.1 Å². The van der Waals surface area contributed by atoms with E-state index in [2.05, 4.69) is 101 Å². The first-order valence-corrected chi connectivity index (χ1v) is 26.2. The maximum atomic E-state index is 13.6. The third-order valence-corrected chi connectivity index (χ3v) is 15.9. The highest BCUT2D eigenvalue weighted by molar-refractivity contribution is 7.71. The monoisotopic (exact) mass is 913 g/mol. The van der Waals surface area contributed by atoms with Crippen molar-refractivity contribution in [3.05, 3.63) is 83.8 Å². The topological polar surface area (TPSA) is 161 Å². The Kier molecular flexibility index (Phi) is 13.3. The predicted octanol–water partition coefficient (Wildman–Crippen LogP) is 7.06. The van der Waals surface area contributed by atoms with Crippen molar-refractivity contribution in [1.29, 1.82) is 0 Å². The molecule has 15 nitrogen and oxygen atoms in total. The van der Waals surface area contributed by atoms with Crippen molar-refractivity contribution < 1.29 is 18.9 Å². The van der Waals surface area contributed by atoms with Gasteiger partial charge in [0.1, 0.15) is 24.2 Å². The van der Waals surface area contributed by atoms with E-state index in [9.17, 15) is 14.2 Å². The van der Waals surface area contributed by atoms with E-state index >= 15 is 0 Å². The first-order chi connectivity index (χ1) is 31.8. The second-order valence-corrected chi connectivity index (χ2v) is 22.1. The number of imide groups is 1. The van der Waals surface area contributed by atoms with Crippen LogP contribution in [0.1, 0.15) is 68.1 Å². The van der Waals surface area contributed by atoms with Gasteiger partial charge in [0.25, 0.3) is 0 Å². The Labute approximate surface area is 388 Å². The Hall–Kier alpha value is -5.63. The van der Waals surface area contributed by atoms with E-state index in [-0.39, 0.29) is 17.7 Å². The van der Waals surface area contributed by atoms with Crippen LogP contribution in [0.2, 0.25) is 0 Å².